The first kappa shape index (κ1) is 14.8. The first-order valence-electron chi connectivity index (χ1n) is 7.08. The summed E-state index contributed by atoms with van der Waals surface area (Å²) in [5.41, 5.74) is 5.43. The number of nitrogens with two attached hydrogens (primary N) is 1. The van der Waals surface area contributed by atoms with Crippen LogP contribution in [0.1, 0.15) is 25.7 Å². The normalized spacial score (nSPS) is 18.3. The molecule has 0 saturated carbocycles. The highest BCUT2D eigenvalue weighted by Gasteiger charge is 2.28. The smallest absolute Gasteiger partial charge is 0.222 e. The molecule has 1 aromatic rings. The number of benzene rings is 1. The summed E-state index contributed by atoms with van der Waals surface area (Å²) in [4.78, 5) is 13.9. The molecule has 1 heterocycles. The second-order valence-corrected chi connectivity index (χ2v) is 5.04. The second-order valence-electron chi connectivity index (χ2n) is 5.04. The van der Waals surface area contributed by atoms with Gasteiger partial charge in [-0.05, 0) is 37.9 Å². The van der Waals surface area contributed by atoms with Crippen LogP contribution < -0.4 is 10.5 Å². The van der Waals surface area contributed by atoms with Crippen molar-refractivity contribution in [2.24, 2.45) is 5.73 Å². The molecule has 1 amide bonds. The van der Waals surface area contributed by atoms with Gasteiger partial charge in [-0.15, -0.1) is 0 Å². The van der Waals surface area contributed by atoms with Gasteiger partial charge >= 0.3 is 0 Å². The van der Waals surface area contributed by atoms with Crippen molar-refractivity contribution < 1.29 is 13.9 Å². The fourth-order valence-electron chi connectivity index (χ4n) is 2.48. The highest BCUT2D eigenvalue weighted by molar-refractivity contribution is 5.76. The minimum atomic E-state index is -0.315. The lowest BCUT2D eigenvalue weighted by Gasteiger charge is -2.24. The zero-order chi connectivity index (χ0) is 14.4. The number of halogens is 1. The van der Waals surface area contributed by atoms with Gasteiger partial charge in [0.1, 0.15) is 18.2 Å². The average molecular weight is 280 g/mol. The van der Waals surface area contributed by atoms with Crippen molar-refractivity contribution in [2.75, 3.05) is 19.7 Å². The summed E-state index contributed by atoms with van der Waals surface area (Å²) >= 11 is 0. The van der Waals surface area contributed by atoms with Crippen LogP contribution in [0.3, 0.4) is 0 Å². The number of amides is 1. The number of ether oxygens (including phenoxy) is 1. The molecule has 5 heteroatoms. The molecule has 0 bridgehead atoms. The molecule has 4 nitrogen and oxygen atoms in total. The Labute approximate surface area is 118 Å². The molecule has 2 rings (SSSR count). The summed E-state index contributed by atoms with van der Waals surface area (Å²) in [5, 5.41) is 0. The minimum Gasteiger partial charge on any atom is -0.491 e. The fourth-order valence-corrected chi connectivity index (χ4v) is 2.48. The van der Waals surface area contributed by atoms with Gasteiger partial charge in [0.15, 0.2) is 0 Å². The van der Waals surface area contributed by atoms with Crippen LogP contribution in [0.15, 0.2) is 24.3 Å². The van der Waals surface area contributed by atoms with E-state index in [2.05, 4.69) is 0 Å². The molecule has 20 heavy (non-hydrogen) atoms. The molecule has 0 unspecified atom stereocenters. The summed E-state index contributed by atoms with van der Waals surface area (Å²) < 4.78 is 18.7. The van der Waals surface area contributed by atoms with E-state index in [0.717, 1.165) is 19.4 Å². The third-order valence-electron chi connectivity index (χ3n) is 3.53. The monoisotopic (exact) mass is 280 g/mol. The van der Waals surface area contributed by atoms with Crippen molar-refractivity contribution in [3.8, 4) is 5.75 Å². The summed E-state index contributed by atoms with van der Waals surface area (Å²) in [5.74, 6) is 0.330. The van der Waals surface area contributed by atoms with Gasteiger partial charge in [0.2, 0.25) is 5.91 Å². The van der Waals surface area contributed by atoms with Crippen LogP contribution in [0.2, 0.25) is 0 Å². The highest BCUT2D eigenvalue weighted by atomic mass is 19.1. The van der Waals surface area contributed by atoms with Crippen LogP contribution in [0.4, 0.5) is 4.39 Å². The largest absolute Gasteiger partial charge is 0.491 e. The molecule has 1 fully saturated rings. The number of hydrogen-bond acceptors (Lipinski definition) is 3. The number of carbonyl (C=O) groups is 1. The molecule has 1 saturated heterocycles. The number of likely N-dealkylation sites (tertiary alicyclic amines) is 1. The van der Waals surface area contributed by atoms with Gasteiger partial charge in [-0.1, -0.05) is 6.07 Å². The van der Waals surface area contributed by atoms with Gasteiger partial charge in [0.25, 0.3) is 0 Å². The Balaban J connectivity index is 1.86. The lowest BCUT2D eigenvalue weighted by atomic mass is 10.2. The first-order chi connectivity index (χ1) is 9.70. The first-order valence-corrected chi connectivity index (χ1v) is 7.08. The van der Waals surface area contributed by atoms with Gasteiger partial charge in [-0.3, -0.25) is 4.79 Å². The zero-order valence-electron chi connectivity index (χ0n) is 11.6. The van der Waals surface area contributed by atoms with Crippen molar-refractivity contribution in [1.82, 2.24) is 4.90 Å². The number of carbonyl (C=O) groups excluding carboxylic acids is 1. The van der Waals surface area contributed by atoms with Gasteiger partial charge < -0.3 is 15.4 Å². The standard InChI is InChI=1S/C15H21FN2O2/c16-12-4-1-6-14(10-12)20-11-13-5-3-9-18(13)15(19)7-2-8-17/h1,4,6,10,13H,2-3,5,7-9,11,17H2/t13-/m0/s1. The van der Waals surface area contributed by atoms with E-state index in [0.29, 0.717) is 31.7 Å². The summed E-state index contributed by atoms with van der Waals surface area (Å²) in [6.45, 7) is 1.72. The maximum absolute atomic E-state index is 13.1. The van der Waals surface area contributed by atoms with Crippen molar-refractivity contribution >= 4 is 5.91 Å². The zero-order valence-corrected chi connectivity index (χ0v) is 11.6. The molecule has 0 aromatic heterocycles. The third-order valence-corrected chi connectivity index (χ3v) is 3.53. The second kappa shape index (κ2) is 7.24. The van der Waals surface area contributed by atoms with Crippen LogP contribution in [0.25, 0.3) is 0 Å². The quantitative estimate of drug-likeness (QED) is 0.866. The van der Waals surface area contributed by atoms with E-state index in [4.69, 9.17) is 10.5 Å². The topological polar surface area (TPSA) is 55.6 Å². The van der Waals surface area contributed by atoms with Crippen LogP contribution in [-0.2, 0) is 4.79 Å². The van der Waals surface area contributed by atoms with Crippen LogP contribution in [0.5, 0.6) is 5.75 Å². The molecule has 1 aliphatic rings. The number of nitrogens with zero attached hydrogens (tertiary/aromatic N) is 1. The van der Waals surface area contributed by atoms with E-state index in [1.54, 1.807) is 12.1 Å². The molecule has 0 aliphatic carbocycles. The maximum Gasteiger partial charge on any atom is 0.222 e. The van der Waals surface area contributed by atoms with Crippen molar-refractivity contribution in [3.05, 3.63) is 30.1 Å². The minimum absolute atomic E-state index is 0.0866. The van der Waals surface area contributed by atoms with Gasteiger partial charge in [-0.25, -0.2) is 4.39 Å². The third kappa shape index (κ3) is 3.93. The van der Waals surface area contributed by atoms with Crippen LogP contribution in [-0.4, -0.2) is 36.5 Å². The van der Waals surface area contributed by atoms with Crippen LogP contribution in [0, 0.1) is 5.82 Å². The van der Waals surface area contributed by atoms with Gasteiger partial charge in [0, 0.05) is 19.0 Å². The molecular formula is C15H21FN2O2. The molecule has 0 spiro atoms. The average Bonchev–Trinajstić information content (AvgIpc) is 2.91. The highest BCUT2D eigenvalue weighted by Crippen LogP contribution is 2.20. The molecule has 110 valence electrons. The Kier molecular flexibility index (Phi) is 5.35. The molecule has 0 radical (unpaired) electrons. The summed E-state index contributed by atoms with van der Waals surface area (Å²) in [6.07, 6.45) is 3.13. The SMILES string of the molecule is NCCCC(=O)N1CCC[C@H]1COc1cccc(F)c1. The Morgan fingerprint density at radius 2 is 2.35 bits per heavy atom. The predicted molar refractivity (Wildman–Crippen MR) is 74.9 cm³/mol. The van der Waals surface area contributed by atoms with Gasteiger partial charge in [0.05, 0.1) is 6.04 Å². The molecule has 2 N–H and O–H groups in total. The van der Waals surface area contributed by atoms with Crippen molar-refractivity contribution in [1.29, 1.82) is 0 Å². The Morgan fingerprint density at radius 1 is 1.50 bits per heavy atom. The van der Waals surface area contributed by atoms with E-state index in [1.165, 1.54) is 12.1 Å². The molecular weight excluding hydrogens is 259 g/mol. The van der Waals surface area contributed by atoms with E-state index < -0.39 is 0 Å². The van der Waals surface area contributed by atoms with Crippen molar-refractivity contribution in [3.63, 3.8) is 0 Å². The van der Waals surface area contributed by atoms with Gasteiger partial charge in [-0.2, -0.15) is 0 Å². The Bertz CT molecular complexity index is 453. The summed E-state index contributed by atoms with van der Waals surface area (Å²) in [7, 11) is 0. The molecule has 1 atom stereocenters. The number of hydrogen-bond donors (Lipinski definition) is 1. The van der Waals surface area contributed by atoms with E-state index in [1.807, 2.05) is 4.90 Å². The Hall–Kier alpha value is -1.62. The van der Waals surface area contributed by atoms with E-state index >= 15 is 0 Å². The Morgan fingerprint density at radius 3 is 3.10 bits per heavy atom. The predicted octanol–water partition coefficient (Wildman–Crippen LogP) is 1.93. The van der Waals surface area contributed by atoms with Crippen LogP contribution >= 0.6 is 0 Å². The lowest BCUT2D eigenvalue weighted by molar-refractivity contribution is -0.132. The summed E-state index contributed by atoms with van der Waals surface area (Å²) in [6, 6.07) is 6.16. The molecule has 1 aromatic carbocycles. The fraction of sp³-hybridized carbons (Fsp3) is 0.533. The van der Waals surface area contributed by atoms with E-state index in [-0.39, 0.29) is 17.8 Å². The lowest BCUT2D eigenvalue weighted by Crippen LogP contribution is -2.39. The van der Waals surface area contributed by atoms with Crippen molar-refractivity contribution in [2.45, 2.75) is 31.7 Å². The maximum atomic E-state index is 13.1. The van der Waals surface area contributed by atoms with E-state index in [9.17, 15) is 9.18 Å². The number of rotatable bonds is 6. The molecule has 1 aliphatic heterocycles.